The Bertz CT molecular complexity index is 755. The Morgan fingerprint density at radius 1 is 1.15 bits per heavy atom. The molecule has 3 aliphatic rings. The van der Waals surface area contributed by atoms with Crippen LogP contribution in [0.4, 0.5) is 0 Å². The van der Waals surface area contributed by atoms with Crippen molar-refractivity contribution >= 4 is 17.6 Å². The van der Waals surface area contributed by atoms with E-state index in [0.717, 1.165) is 62.5 Å². The van der Waals surface area contributed by atoms with Crippen molar-refractivity contribution in [3.8, 4) is 0 Å². The molecule has 4 rings (SSSR count). The number of aliphatic hydroxyl groups is 1. The van der Waals surface area contributed by atoms with Crippen LogP contribution in [-0.2, 0) is 29.3 Å². The van der Waals surface area contributed by atoms with Crippen LogP contribution in [0.3, 0.4) is 0 Å². The Morgan fingerprint density at radius 3 is 2.45 bits per heavy atom. The van der Waals surface area contributed by atoms with Gasteiger partial charge < -0.3 is 28.8 Å². The summed E-state index contributed by atoms with van der Waals surface area (Å²) in [4.78, 5) is 12.9. The van der Waals surface area contributed by atoms with E-state index in [9.17, 15) is 9.90 Å². The summed E-state index contributed by atoms with van der Waals surface area (Å²) >= 11 is 1.51. The first-order valence-corrected chi connectivity index (χ1v) is 13.4. The average Bonchev–Trinajstić information content (AvgIpc) is 3.45. The Balaban J connectivity index is 1.74. The summed E-state index contributed by atoms with van der Waals surface area (Å²) in [5.74, 6) is 0. The lowest BCUT2D eigenvalue weighted by atomic mass is 9.69. The van der Waals surface area contributed by atoms with E-state index in [2.05, 4.69) is 13.0 Å². The molecule has 184 valence electrons. The molecule has 1 saturated carbocycles. The summed E-state index contributed by atoms with van der Waals surface area (Å²) in [6.07, 6.45) is 11.5. The molecule has 1 aliphatic carbocycles. The Kier molecular flexibility index (Phi) is 8.76. The van der Waals surface area contributed by atoms with Gasteiger partial charge in [0, 0.05) is 30.9 Å². The van der Waals surface area contributed by atoms with Crippen LogP contribution in [0.25, 0.3) is 0 Å². The van der Waals surface area contributed by atoms with Crippen LogP contribution in [0, 0.1) is 5.41 Å². The molecule has 7 heteroatoms. The van der Waals surface area contributed by atoms with Gasteiger partial charge in [-0.1, -0.05) is 31.6 Å². The lowest BCUT2D eigenvalue weighted by Crippen LogP contribution is -2.49. The number of ether oxygens (including phenoxy) is 4. The number of unbranched alkanes of at least 4 members (excludes halogenated alkanes) is 1. The van der Waals surface area contributed by atoms with E-state index in [1.165, 1.54) is 11.3 Å². The van der Waals surface area contributed by atoms with E-state index in [0.29, 0.717) is 19.6 Å². The fourth-order valence-corrected chi connectivity index (χ4v) is 6.44. The molecular weight excluding hydrogens is 440 g/mol. The predicted molar refractivity (Wildman–Crippen MR) is 127 cm³/mol. The van der Waals surface area contributed by atoms with Gasteiger partial charge in [0.15, 0.2) is 12.6 Å². The third kappa shape index (κ3) is 5.29. The van der Waals surface area contributed by atoms with E-state index in [4.69, 9.17) is 18.9 Å². The van der Waals surface area contributed by atoms with Gasteiger partial charge in [0.2, 0.25) is 0 Å². The van der Waals surface area contributed by atoms with E-state index in [-0.39, 0.29) is 19.0 Å². The van der Waals surface area contributed by atoms with E-state index >= 15 is 0 Å². The van der Waals surface area contributed by atoms with Gasteiger partial charge in [0.1, 0.15) is 11.9 Å². The number of hydrogen-bond acceptors (Lipinski definition) is 7. The smallest absolute Gasteiger partial charge is 0.158 e. The summed E-state index contributed by atoms with van der Waals surface area (Å²) in [6, 6.07) is 3.89. The van der Waals surface area contributed by atoms with Crippen LogP contribution in [0.2, 0.25) is 0 Å². The van der Waals surface area contributed by atoms with Crippen molar-refractivity contribution < 1.29 is 28.8 Å². The van der Waals surface area contributed by atoms with Crippen LogP contribution in [-0.4, -0.2) is 49.4 Å². The topological polar surface area (TPSA) is 74.2 Å². The first-order valence-electron chi connectivity index (χ1n) is 12.5. The minimum absolute atomic E-state index is 0.143. The van der Waals surface area contributed by atoms with E-state index in [1.807, 2.05) is 23.6 Å². The van der Waals surface area contributed by atoms with Crippen molar-refractivity contribution in [2.75, 3.05) is 13.2 Å². The lowest BCUT2D eigenvalue weighted by Gasteiger charge is -2.43. The molecule has 0 aromatic carbocycles. The minimum atomic E-state index is -1.29. The molecule has 2 aliphatic heterocycles. The van der Waals surface area contributed by atoms with Gasteiger partial charge in [-0.05, 0) is 56.4 Å². The fourth-order valence-electron chi connectivity index (χ4n) is 5.51. The highest BCUT2D eigenvalue weighted by Gasteiger charge is 2.65. The molecule has 3 fully saturated rings. The van der Waals surface area contributed by atoms with Gasteiger partial charge in [-0.2, -0.15) is 0 Å². The van der Waals surface area contributed by atoms with Crippen LogP contribution < -0.4 is 0 Å². The van der Waals surface area contributed by atoms with Crippen molar-refractivity contribution in [1.29, 1.82) is 0 Å². The predicted octanol–water partition coefficient (Wildman–Crippen LogP) is 5.09. The second-order valence-corrected chi connectivity index (χ2v) is 10.4. The summed E-state index contributed by atoms with van der Waals surface area (Å²) < 4.78 is 25.0. The van der Waals surface area contributed by atoms with E-state index in [1.54, 1.807) is 0 Å². The maximum absolute atomic E-state index is 12.4. The van der Waals surface area contributed by atoms with Crippen LogP contribution >= 0.6 is 11.3 Å². The highest BCUT2D eigenvalue weighted by Crippen LogP contribution is 2.59. The normalized spacial score (nSPS) is 37.5. The molecule has 0 bridgehead atoms. The minimum Gasteiger partial charge on any atom is -0.383 e. The first kappa shape index (κ1) is 25.0. The third-order valence-corrected chi connectivity index (χ3v) is 8.25. The Labute approximate surface area is 201 Å². The molecule has 33 heavy (non-hydrogen) atoms. The molecule has 6 nitrogen and oxygen atoms in total. The molecule has 6 atom stereocenters. The zero-order valence-corrected chi connectivity index (χ0v) is 20.5. The number of aldehydes is 1. The van der Waals surface area contributed by atoms with Gasteiger partial charge in [-0.3, -0.25) is 0 Å². The molecule has 0 radical (unpaired) electrons. The maximum atomic E-state index is 12.4. The highest BCUT2D eigenvalue weighted by atomic mass is 32.1. The van der Waals surface area contributed by atoms with Crippen LogP contribution in [0.15, 0.2) is 29.7 Å². The number of carbonyl (C=O) groups excluding carboxylic acids is 1. The van der Waals surface area contributed by atoms with Crippen molar-refractivity contribution in [2.45, 2.75) is 102 Å². The standard InChI is InChI=1S/C26H38O6S/c1-2-3-6-13-25(14-15-27)24(32-23-12-5-8-17-30-23)20(31-22-11-4-7-16-29-22)19-26(25,28)21-10-9-18-33-21/h6,9-10,13,15,18,20,22-24,28H,2-5,7-8,11-12,14,16-17,19H2,1H3/t20-,22?,23?,24+,25-,26-/m0/s1. The second-order valence-electron chi connectivity index (χ2n) is 9.47. The van der Waals surface area contributed by atoms with Crippen molar-refractivity contribution in [2.24, 2.45) is 5.41 Å². The van der Waals surface area contributed by atoms with Crippen molar-refractivity contribution in [3.05, 3.63) is 34.5 Å². The number of rotatable bonds is 10. The lowest BCUT2D eigenvalue weighted by molar-refractivity contribution is -0.255. The molecule has 3 heterocycles. The number of allylic oxidation sites excluding steroid dienone is 1. The molecule has 0 spiro atoms. The van der Waals surface area contributed by atoms with Crippen molar-refractivity contribution in [1.82, 2.24) is 0 Å². The van der Waals surface area contributed by atoms with Gasteiger partial charge in [-0.25, -0.2) is 0 Å². The molecule has 2 unspecified atom stereocenters. The largest absolute Gasteiger partial charge is 0.383 e. The molecule has 1 aromatic heterocycles. The zero-order valence-electron chi connectivity index (χ0n) is 19.7. The van der Waals surface area contributed by atoms with E-state index < -0.39 is 23.2 Å². The summed E-state index contributed by atoms with van der Waals surface area (Å²) in [7, 11) is 0. The monoisotopic (exact) mass is 478 g/mol. The highest BCUT2D eigenvalue weighted by molar-refractivity contribution is 7.10. The first-order chi connectivity index (χ1) is 16.1. The molecular formula is C26H38O6S. The van der Waals surface area contributed by atoms with Crippen LogP contribution in [0.5, 0.6) is 0 Å². The Morgan fingerprint density at radius 2 is 1.88 bits per heavy atom. The number of hydrogen-bond donors (Lipinski definition) is 1. The molecule has 1 N–H and O–H groups in total. The zero-order chi connectivity index (χ0) is 23.2. The average molecular weight is 479 g/mol. The quantitative estimate of drug-likeness (QED) is 0.373. The molecule has 0 amide bonds. The van der Waals surface area contributed by atoms with Crippen LogP contribution in [0.1, 0.15) is 76.0 Å². The summed E-state index contributed by atoms with van der Waals surface area (Å²) in [5.41, 5.74) is -2.24. The fraction of sp³-hybridized carbons (Fsp3) is 0.731. The third-order valence-electron chi connectivity index (χ3n) is 7.23. The second kappa shape index (κ2) is 11.6. The van der Waals surface area contributed by atoms with Gasteiger partial charge in [0.05, 0.1) is 17.6 Å². The maximum Gasteiger partial charge on any atom is 0.158 e. The van der Waals surface area contributed by atoms with Gasteiger partial charge in [0.25, 0.3) is 0 Å². The molecule has 2 saturated heterocycles. The molecule has 1 aromatic rings. The SMILES string of the molecule is CCCC=C[C@]1(CC=O)[C@H](OC2CCCCO2)[C@@H](OC2CCCCO2)C[C@]1(O)c1cccs1. The van der Waals surface area contributed by atoms with Crippen molar-refractivity contribution in [3.63, 3.8) is 0 Å². The van der Waals surface area contributed by atoms with Gasteiger partial charge in [-0.15, -0.1) is 11.3 Å². The Hall–Kier alpha value is -1.09. The van der Waals surface area contributed by atoms with Gasteiger partial charge >= 0.3 is 0 Å². The number of thiophene rings is 1. The summed E-state index contributed by atoms with van der Waals surface area (Å²) in [5, 5.41) is 14.3. The summed E-state index contributed by atoms with van der Waals surface area (Å²) in [6.45, 7) is 3.46. The number of carbonyl (C=O) groups is 1.